The summed E-state index contributed by atoms with van der Waals surface area (Å²) in [5.74, 6) is 2.12. The van der Waals surface area contributed by atoms with E-state index in [4.69, 9.17) is 9.47 Å². The van der Waals surface area contributed by atoms with E-state index in [1.54, 1.807) is 35.4 Å². The van der Waals surface area contributed by atoms with Crippen LogP contribution in [0.15, 0.2) is 60.8 Å². The quantitative estimate of drug-likeness (QED) is 0.636. The van der Waals surface area contributed by atoms with Gasteiger partial charge in [0.05, 0.1) is 19.3 Å². The number of amides is 1. The summed E-state index contributed by atoms with van der Waals surface area (Å²) in [4.78, 5) is 23.8. The molecule has 0 unspecified atom stereocenters. The van der Waals surface area contributed by atoms with Crippen molar-refractivity contribution in [3.63, 3.8) is 0 Å². The highest BCUT2D eigenvalue weighted by atomic mass is 16.5. The van der Waals surface area contributed by atoms with Crippen molar-refractivity contribution < 1.29 is 14.3 Å². The van der Waals surface area contributed by atoms with Crippen LogP contribution in [0.3, 0.4) is 0 Å². The van der Waals surface area contributed by atoms with E-state index in [0.717, 1.165) is 12.0 Å². The lowest BCUT2D eigenvalue weighted by molar-refractivity contribution is 0.0987. The summed E-state index contributed by atoms with van der Waals surface area (Å²) in [6.07, 6.45) is 2.48. The molecule has 4 rings (SSSR count). The number of nitrogens with one attached hydrogen (secondary N) is 1. The van der Waals surface area contributed by atoms with Gasteiger partial charge in [0.15, 0.2) is 11.5 Å². The number of anilines is 2. The zero-order chi connectivity index (χ0) is 21.6. The highest BCUT2D eigenvalue weighted by Gasteiger charge is 2.21. The predicted molar refractivity (Wildman–Crippen MR) is 120 cm³/mol. The number of carbonyl (C=O) groups is 1. The summed E-state index contributed by atoms with van der Waals surface area (Å²) >= 11 is 0. The normalized spacial score (nSPS) is 13.7. The van der Waals surface area contributed by atoms with Gasteiger partial charge in [-0.3, -0.25) is 9.69 Å². The van der Waals surface area contributed by atoms with Crippen LogP contribution in [0.5, 0.6) is 11.5 Å². The number of benzene rings is 2. The van der Waals surface area contributed by atoms with Gasteiger partial charge in [0.25, 0.3) is 5.91 Å². The van der Waals surface area contributed by atoms with Gasteiger partial charge >= 0.3 is 0 Å². The molecule has 0 spiro atoms. The first kappa shape index (κ1) is 20.7. The third kappa shape index (κ3) is 4.77. The number of rotatable bonds is 6. The molecule has 7 heteroatoms. The van der Waals surface area contributed by atoms with E-state index < -0.39 is 0 Å². The lowest BCUT2D eigenvalue weighted by Crippen LogP contribution is -2.31. The fourth-order valence-corrected chi connectivity index (χ4v) is 3.45. The molecule has 1 aliphatic rings. The smallest absolute Gasteiger partial charge is 0.259 e. The van der Waals surface area contributed by atoms with Crippen LogP contribution >= 0.6 is 0 Å². The zero-order valence-electron chi connectivity index (χ0n) is 17.7. The monoisotopic (exact) mass is 418 g/mol. The summed E-state index contributed by atoms with van der Waals surface area (Å²) in [7, 11) is 0. The lowest BCUT2D eigenvalue weighted by atomic mass is 10.1. The molecular weight excluding hydrogens is 392 g/mol. The molecule has 3 aromatic rings. The molecule has 2 heterocycles. The highest BCUT2D eigenvalue weighted by molar-refractivity contribution is 6.06. The minimum absolute atomic E-state index is 0.0314. The molecule has 1 amide bonds. The number of nitrogens with zero attached hydrogens (tertiary/aromatic N) is 3. The van der Waals surface area contributed by atoms with Gasteiger partial charge in [-0.25, -0.2) is 4.98 Å². The fraction of sp³-hybridized carbons (Fsp3) is 0.292. The van der Waals surface area contributed by atoms with Crippen LogP contribution in [-0.4, -0.2) is 35.6 Å². The molecule has 0 bridgehead atoms. The molecule has 7 nitrogen and oxygen atoms in total. The minimum atomic E-state index is -0.154. The van der Waals surface area contributed by atoms with Crippen LogP contribution in [-0.2, 0) is 0 Å². The molecule has 1 atom stereocenters. The Morgan fingerprint density at radius 2 is 1.87 bits per heavy atom. The third-order valence-electron chi connectivity index (χ3n) is 5.12. The Hall–Kier alpha value is -3.61. The number of carbonyl (C=O) groups excluding carboxylic acids is 1. The molecule has 2 aromatic carbocycles. The van der Waals surface area contributed by atoms with Gasteiger partial charge in [-0.15, -0.1) is 0 Å². The van der Waals surface area contributed by atoms with E-state index in [1.807, 2.05) is 44.2 Å². The topological polar surface area (TPSA) is 76.6 Å². The molecule has 0 aliphatic carbocycles. The first-order valence-corrected chi connectivity index (χ1v) is 10.5. The average Bonchev–Trinajstić information content (AvgIpc) is 3.05. The van der Waals surface area contributed by atoms with Crippen LogP contribution in [0.4, 0.5) is 11.8 Å². The Kier molecular flexibility index (Phi) is 6.31. The van der Waals surface area contributed by atoms with E-state index in [2.05, 4.69) is 15.3 Å². The summed E-state index contributed by atoms with van der Waals surface area (Å²) in [5, 5.41) is 3.31. The van der Waals surface area contributed by atoms with Crippen molar-refractivity contribution in [2.24, 2.45) is 0 Å². The Morgan fingerprint density at radius 1 is 1.10 bits per heavy atom. The van der Waals surface area contributed by atoms with Gasteiger partial charge in [-0.2, -0.15) is 4.98 Å². The first-order valence-electron chi connectivity index (χ1n) is 10.5. The number of hydrogen-bond acceptors (Lipinski definition) is 6. The highest BCUT2D eigenvalue weighted by Crippen LogP contribution is 2.31. The van der Waals surface area contributed by atoms with Crippen molar-refractivity contribution in [1.82, 2.24) is 9.97 Å². The Labute approximate surface area is 182 Å². The Morgan fingerprint density at radius 3 is 2.65 bits per heavy atom. The number of hydrogen-bond donors (Lipinski definition) is 1. The molecular formula is C24H26N4O3. The van der Waals surface area contributed by atoms with Gasteiger partial charge in [0, 0.05) is 24.7 Å². The van der Waals surface area contributed by atoms with E-state index in [1.165, 1.54) is 0 Å². The van der Waals surface area contributed by atoms with Crippen LogP contribution in [0, 0.1) is 0 Å². The Balaban J connectivity index is 1.54. The second kappa shape index (κ2) is 9.47. The van der Waals surface area contributed by atoms with Crippen molar-refractivity contribution >= 4 is 17.7 Å². The maximum atomic E-state index is 13.3. The van der Waals surface area contributed by atoms with E-state index in [-0.39, 0.29) is 11.9 Å². The van der Waals surface area contributed by atoms with Crippen molar-refractivity contribution in [3.8, 4) is 11.5 Å². The number of ether oxygens (including phenoxy) is 2. The van der Waals surface area contributed by atoms with Crippen molar-refractivity contribution in [2.75, 3.05) is 30.0 Å². The molecule has 160 valence electrons. The van der Waals surface area contributed by atoms with Crippen molar-refractivity contribution in [1.29, 1.82) is 0 Å². The largest absolute Gasteiger partial charge is 0.490 e. The Bertz CT molecular complexity index is 1040. The summed E-state index contributed by atoms with van der Waals surface area (Å²) in [6, 6.07) is 17.1. The van der Waals surface area contributed by atoms with Gasteiger partial charge in [0.2, 0.25) is 5.95 Å². The van der Waals surface area contributed by atoms with E-state index in [9.17, 15) is 4.79 Å². The molecule has 0 radical (unpaired) electrons. The molecule has 1 aliphatic heterocycles. The first-order chi connectivity index (χ1) is 15.2. The zero-order valence-corrected chi connectivity index (χ0v) is 17.7. The summed E-state index contributed by atoms with van der Waals surface area (Å²) in [5.41, 5.74) is 1.66. The van der Waals surface area contributed by atoms with Gasteiger partial charge in [-0.1, -0.05) is 30.3 Å². The van der Waals surface area contributed by atoms with Crippen LogP contribution in [0.2, 0.25) is 0 Å². The minimum Gasteiger partial charge on any atom is -0.490 e. The van der Waals surface area contributed by atoms with Crippen molar-refractivity contribution in [2.45, 2.75) is 26.3 Å². The molecule has 1 N–H and O–H groups in total. The lowest BCUT2D eigenvalue weighted by Gasteiger charge is -2.21. The van der Waals surface area contributed by atoms with Crippen LogP contribution in [0.25, 0.3) is 0 Å². The van der Waals surface area contributed by atoms with Gasteiger partial charge < -0.3 is 14.8 Å². The summed E-state index contributed by atoms with van der Waals surface area (Å²) < 4.78 is 11.4. The number of fused-ring (bicyclic) bond motifs is 1. The predicted octanol–water partition coefficient (Wildman–Crippen LogP) is 4.48. The average molecular weight is 418 g/mol. The molecule has 0 fully saturated rings. The van der Waals surface area contributed by atoms with Crippen LogP contribution in [0.1, 0.15) is 42.2 Å². The van der Waals surface area contributed by atoms with Gasteiger partial charge in [-0.05, 0) is 43.7 Å². The van der Waals surface area contributed by atoms with Crippen LogP contribution < -0.4 is 19.7 Å². The second-order valence-corrected chi connectivity index (χ2v) is 7.28. The maximum absolute atomic E-state index is 13.3. The SMILES string of the molecule is CCN(C(=O)c1ccc2c(c1)OCCCO2)c1ccnc(N[C@H](C)c2ccccc2)n1. The standard InChI is InChI=1S/C24H26N4O3/c1-3-28(23(29)19-10-11-20-21(16-19)31-15-7-14-30-20)22-12-13-25-24(27-22)26-17(2)18-8-5-4-6-9-18/h4-6,8-13,16-17H,3,7,14-15H2,1-2H3,(H,25,26,27)/t17-/m1/s1. The molecule has 31 heavy (non-hydrogen) atoms. The van der Waals surface area contributed by atoms with E-state index >= 15 is 0 Å². The molecule has 0 saturated carbocycles. The van der Waals surface area contributed by atoms with E-state index in [0.29, 0.717) is 48.6 Å². The molecule has 1 aromatic heterocycles. The van der Waals surface area contributed by atoms with Gasteiger partial charge in [0.1, 0.15) is 5.82 Å². The third-order valence-corrected chi connectivity index (χ3v) is 5.12. The summed E-state index contributed by atoms with van der Waals surface area (Å²) in [6.45, 7) is 5.62. The number of aromatic nitrogens is 2. The molecule has 0 saturated heterocycles. The van der Waals surface area contributed by atoms with Crippen molar-refractivity contribution in [3.05, 3.63) is 71.9 Å². The second-order valence-electron chi connectivity index (χ2n) is 7.28. The maximum Gasteiger partial charge on any atom is 0.259 e. The fourth-order valence-electron chi connectivity index (χ4n) is 3.45.